The largest absolute Gasteiger partial charge is 0.348 e. The highest BCUT2D eigenvalue weighted by atomic mass is 79.9. The monoisotopic (exact) mass is 332 g/mol. The summed E-state index contributed by atoms with van der Waals surface area (Å²) in [6, 6.07) is 12.8. The van der Waals surface area contributed by atoms with E-state index in [4.69, 9.17) is 5.26 Å². The van der Waals surface area contributed by atoms with E-state index in [1.165, 1.54) is 6.07 Å². The highest BCUT2D eigenvalue weighted by Gasteiger charge is 2.08. The first kappa shape index (κ1) is 14.2. The van der Waals surface area contributed by atoms with Gasteiger partial charge in [-0.05, 0) is 42.5 Å². The standard InChI is InChI=1S/C15H10BrFN2O/c16-13-5-6-14(17)12(7-13)9-19-15(20)11-3-1-10(8-18)2-4-11/h1-7H,9H2,(H,19,20). The minimum Gasteiger partial charge on any atom is -0.348 e. The number of rotatable bonds is 3. The van der Waals surface area contributed by atoms with E-state index in [0.717, 1.165) is 4.47 Å². The third-order valence-corrected chi connectivity index (χ3v) is 3.22. The number of halogens is 2. The Morgan fingerprint density at radius 1 is 1.25 bits per heavy atom. The molecule has 0 heterocycles. The molecule has 0 fully saturated rings. The second-order valence-electron chi connectivity index (χ2n) is 4.11. The van der Waals surface area contributed by atoms with Crippen LogP contribution < -0.4 is 5.32 Å². The summed E-state index contributed by atoms with van der Waals surface area (Å²) in [5.74, 6) is -0.679. The van der Waals surface area contributed by atoms with Gasteiger partial charge in [-0.3, -0.25) is 4.79 Å². The fraction of sp³-hybridized carbons (Fsp3) is 0.0667. The summed E-state index contributed by atoms with van der Waals surface area (Å²) in [4.78, 5) is 11.9. The van der Waals surface area contributed by atoms with Gasteiger partial charge in [0.05, 0.1) is 11.6 Å². The van der Waals surface area contributed by atoms with Crippen LogP contribution in [0.3, 0.4) is 0 Å². The van der Waals surface area contributed by atoms with Crippen LogP contribution in [-0.4, -0.2) is 5.91 Å². The summed E-state index contributed by atoms with van der Waals surface area (Å²) in [6.07, 6.45) is 0. The molecule has 0 saturated heterocycles. The lowest BCUT2D eigenvalue weighted by molar-refractivity contribution is 0.0950. The first-order valence-electron chi connectivity index (χ1n) is 5.82. The number of hydrogen-bond donors (Lipinski definition) is 1. The normalized spacial score (nSPS) is 9.85. The Balaban J connectivity index is 2.04. The maximum atomic E-state index is 13.5. The number of amides is 1. The van der Waals surface area contributed by atoms with Crippen molar-refractivity contribution in [1.29, 1.82) is 5.26 Å². The van der Waals surface area contributed by atoms with Crippen LogP contribution in [0.4, 0.5) is 4.39 Å². The Morgan fingerprint density at radius 3 is 2.60 bits per heavy atom. The third kappa shape index (κ3) is 3.43. The molecule has 0 saturated carbocycles. The van der Waals surface area contributed by atoms with Crippen LogP contribution in [0.1, 0.15) is 21.5 Å². The highest BCUT2D eigenvalue weighted by molar-refractivity contribution is 9.10. The third-order valence-electron chi connectivity index (χ3n) is 2.72. The molecule has 1 amide bonds. The Hall–Kier alpha value is -2.19. The summed E-state index contributed by atoms with van der Waals surface area (Å²) in [7, 11) is 0. The molecule has 0 radical (unpaired) electrons. The first-order chi connectivity index (χ1) is 9.60. The summed E-state index contributed by atoms with van der Waals surface area (Å²) >= 11 is 3.25. The predicted molar refractivity (Wildman–Crippen MR) is 76.4 cm³/mol. The Morgan fingerprint density at radius 2 is 1.95 bits per heavy atom. The van der Waals surface area contributed by atoms with E-state index in [9.17, 15) is 9.18 Å². The van der Waals surface area contributed by atoms with E-state index < -0.39 is 0 Å². The SMILES string of the molecule is N#Cc1ccc(C(=O)NCc2cc(Br)ccc2F)cc1. The van der Waals surface area contributed by atoms with Gasteiger partial charge in [0.1, 0.15) is 5.82 Å². The van der Waals surface area contributed by atoms with E-state index >= 15 is 0 Å². The van der Waals surface area contributed by atoms with Gasteiger partial charge in [-0.25, -0.2) is 4.39 Å². The number of nitrogens with one attached hydrogen (secondary N) is 1. The molecule has 5 heteroatoms. The van der Waals surface area contributed by atoms with Gasteiger partial charge in [-0.2, -0.15) is 5.26 Å². The predicted octanol–water partition coefficient (Wildman–Crippen LogP) is 3.39. The van der Waals surface area contributed by atoms with Crippen LogP contribution in [0, 0.1) is 17.1 Å². The molecule has 20 heavy (non-hydrogen) atoms. The number of nitrogens with zero attached hydrogens (tertiary/aromatic N) is 1. The van der Waals surface area contributed by atoms with Crippen molar-refractivity contribution in [3.8, 4) is 6.07 Å². The van der Waals surface area contributed by atoms with Crippen molar-refractivity contribution in [2.75, 3.05) is 0 Å². The molecule has 2 aromatic carbocycles. The molecule has 3 nitrogen and oxygen atoms in total. The minimum atomic E-state index is -0.367. The van der Waals surface area contributed by atoms with Gasteiger partial charge < -0.3 is 5.32 Å². The molecule has 0 bridgehead atoms. The van der Waals surface area contributed by atoms with Gasteiger partial charge in [0.25, 0.3) is 5.91 Å². The second kappa shape index (κ2) is 6.31. The van der Waals surface area contributed by atoms with Gasteiger partial charge in [0.15, 0.2) is 0 Å². The molecular weight excluding hydrogens is 323 g/mol. The summed E-state index contributed by atoms with van der Waals surface area (Å²) in [6.45, 7) is 0.101. The lowest BCUT2D eigenvalue weighted by Crippen LogP contribution is -2.23. The van der Waals surface area contributed by atoms with Crippen molar-refractivity contribution in [2.24, 2.45) is 0 Å². The van der Waals surface area contributed by atoms with Gasteiger partial charge in [-0.1, -0.05) is 15.9 Å². The van der Waals surface area contributed by atoms with E-state index in [0.29, 0.717) is 16.7 Å². The van der Waals surface area contributed by atoms with Crippen molar-refractivity contribution >= 4 is 21.8 Å². The van der Waals surface area contributed by atoms with E-state index in [2.05, 4.69) is 21.2 Å². The summed E-state index contributed by atoms with van der Waals surface area (Å²) in [5, 5.41) is 11.3. The maximum Gasteiger partial charge on any atom is 0.251 e. The number of hydrogen-bond acceptors (Lipinski definition) is 2. The van der Waals surface area contributed by atoms with Gasteiger partial charge in [0.2, 0.25) is 0 Å². The smallest absolute Gasteiger partial charge is 0.251 e. The van der Waals surface area contributed by atoms with Crippen molar-refractivity contribution in [2.45, 2.75) is 6.54 Å². The molecule has 2 rings (SSSR count). The summed E-state index contributed by atoms with van der Waals surface area (Å²) < 4.78 is 14.3. The van der Waals surface area contributed by atoms with Crippen molar-refractivity contribution in [3.63, 3.8) is 0 Å². The van der Waals surface area contributed by atoms with Crippen LogP contribution in [0.25, 0.3) is 0 Å². The second-order valence-corrected chi connectivity index (χ2v) is 5.02. The fourth-order valence-electron chi connectivity index (χ4n) is 1.65. The molecule has 0 spiro atoms. The van der Waals surface area contributed by atoms with Crippen LogP contribution >= 0.6 is 15.9 Å². The number of benzene rings is 2. The van der Waals surface area contributed by atoms with Crippen LogP contribution in [0.15, 0.2) is 46.9 Å². The number of nitriles is 1. The Bertz CT molecular complexity index is 677. The average molecular weight is 333 g/mol. The minimum absolute atomic E-state index is 0.101. The fourth-order valence-corrected chi connectivity index (χ4v) is 2.06. The molecule has 2 aromatic rings. The molecule has 1 N–H and O–H groups in total. The molecule has 0 aliphatic carbocycles. The number of carbonyl (C=O) groups excluding carboxylic acids is 1. The molecule has 0 aromatic heterocycles. The van der Waals surface area contributed by atoms with Gasteiger partial charge in [-0.15, -0.1) is 0 Å². The van der Waals surface area contributed by atoms with Crippen molar-refractivity contribution in [3.05, 3.63) is 69.4 Å². The molecule has 100 valence electrons. The van der Waals surface area contributed by atoms with Crippen LogP contribution in [0.2, 0.25) is 0 Å². The Kier molecular flexibility index (Phi) is 4.49. The lowest BCUT2D eigenvalue weighted by Gasteiger charge is -2.07. The zero-order valence-electron chi connectivity index (χ0n) is 10.4. The summed E-state index contributed by atoms with van der Waals surface area (Å²) in [5.41, 5.74) is 1.32. The van der Waals surface area contributed by atoms with Crippen LogP contribution in [-0.2, 0) is 6.54 Å². The highest BCUT2D eigenvalue weighted by Crippen LogP contribution is 2.15. The zero-order valence-corrected chi connectivity index (χ0v) is 11.9. The molecule has 0 aliphatic rings. The van der Waals surface area contributed by atoms with Crippen molar-refractivity contribution < 1.29 is 9.18 Å². The van der Waals surface area contributed by atoms with E-state index in [-0.39, 0.29) is 18.3 Å². The average Bonchev–Trinajstić information content (AvgIpc) is 2.48. The lowest BCUT2D eigenvalue weighted by atomic mass is 10.1. The topological polar surface area (TPSA) is 52.9 Å². The van der Waals surface area contributed by atoms with Gasteiger partial charge in [0, 0.05) is 22.1 Å². The van der Waals surface area contributed by atoms with E-state index in [1.807, 2.05) is 6.07 Å². The zero-order chi connectivity index (χ0) is 14.5. The molecule has 0 aliphatic heterocycles. The maximum absolute atomic E-state index is 13.5. The van der Waals surface area contributed by atoms with Gasteiger partial charge >= 0.3 is 0 Å². The number of carbonyl (C=O) groups is 1. The Labute approximate surface area is 124 Å². The van der Waals surface area contributed by atoms with Crippen molar-refractivity contribution in [1.82, 2.24) is 5.32 Å². The first-order valence-corrected chi connectivity index (χ1v) is 6.62. The van der Waals surface area contributed by atoms with E-state index in [1.54, 1.807) is 36.4 Å². The molecular formula is C15H10BrFN2O. The van der Waals surface area contributed by atoms with Crippen LogP contribution in [0.5, 0.6) is 0 Å². The molecule has 0 unspecified atom stereocenters. The quantitative estimate of drug-likeness (QED) is 0.936. The molecule has 0 atom stereocenters.